The molecule has 0 bridgehead atoms. The average molecular weight is 358 g/mol. The lowest BCUT2D eigenvalue weighted by Crippen LogP contribution is -2.19. The number of methoxy groups -OCH3 is 1. The van der Waals surface area contributed by atoms with Crippen LogP contribution >= 0.6 is 11.8 Å². The first kappa shape index (κ1) is 18.1. The third kappa shape index (κ3) is 4.38. The quantitative estimate of drug-likeness (QED) is 0.505. The van der Waals surface area contributed by atoms with Crippen LogP contribution in [-0.2, 0) is 6.18 Å². The smallest absolute Gasteiger partial charge is 0.433 e. The van der Waals surface area contributed by atoms with Gasteiger partial charge in [0.15, 0.2) is 16.6 Å². The molecule has 1 aromatic heterocycles. The monoisotopic (exact) mass is 358 g/mol. The van der Waals surface area contributed by atoms with E-state index in [4.69, 9.17) is 4.74 Å². The van der Waals surface area contributed by atoms with Gasteiger partial charge in [-0.15, -0.1) is 0 Å². The number of carbonyl (C=O) groups is 1. The Labute approximate surface area is 139 Å². The number of hydrogen-bond acceptors (Lipinski definition) is 5. The van der Waals surface area contributed by atoms with Crippen molar-refractivity contribution in [2.45, 2.75) is 23.5 Å². The Kier molecular flexibility index (Phi) is 5.33. The molecule has 2 rings (SSSR count). The Morgan fingerprint density at radius 2 is 1.92 bits per heavy atom. The van der Waals surface area contributed by atoms with Crippen LogP contribution in [0.1, 0.15) is 23.0 Å². The van der Waals surface area contributed by atoms with E-state index in [9.17, 15) is 22.8 Å². The van der Waals surface area contributed by atoms with Crippen LogP contribution in [-0.4, -0.2) is 28.1 Å². The number of benzene rings is 1. The Balaban J connectivity index is 2.19. The van der Waals surface area contributed by atoms with Crippen molar-refractivity contribution in [1.82, 2.24) is 9.97 Å². The Bertz CT molecular complexity index is 788. The highest BCUT2D eigenvalue weighted by Crippen LogP contribution is 2.29. The number of alkyl halides is 3. The fraction of sp³-hybridized carbons (Fsp3) is 0.267. The van der Waals surface area contributed by atoms with E-state index in [1.807, 2.05) is 0 Å². The lowest BCUT2D eigenvalue weighted by molar-refractivity contribution is -0.141. The molecule has 2 aromatic rings. The highest BCUT2D eigenvalue weighted by Gasteiger charge is 2.33. The summed E-state index contributed by atoms with van der Waals surface area (Å²) >= 11 is 0.753. The van der Waals surface area contributed by atoms with E-state index in [1.54, 1.807) is 24.3 Å². The lowest BCUT2D eigenvalue weighted by Gasteiger charge is -2.11. The number of nitrogens with zero attached hydrogens (tertiary/aromatic N) is 1. The van der Waals surface area contributed by atoms with Crippen LogP contribution in [0.4, 0.5) is 13.2 Å². The fourth-order valence-corrected chi connectivity index (χ4v) is 2.74. The van der Waals surface area contributed by atoms with Crippen LogP contribution in [0.15, 0.2) is 40.3 Å². The number of nitrogens with one attached hydrogen (secondary N) is 1. The average Bonchev–Trinajstić information content (AvgIpc) is 2.53. The van der Waals surface area contributed by atoms with Crippen molar-refractivity contribution < 1.29 is 22.7 Å². The van der Waals surface area contributed by atoms with Gasteiger partial charge >= 0.3 is 6.18 Å². The van der Waals surface area contributed by atoms with Crippen molar-refractivity contribution in [1.29, 1.82) is 0 Å². The number of Topliss-reactive ketones (excluding diaryl/α,β-unsaturated/α-hetero) is 1. The normalized spacial score (nSPS) is 12.7. The zero-order valence-corrected chi connectivity index (χ0v) is 13.5. The van der Waals surface area contributed by atoms with Crippen LogP contribution < -0.4 is 10.3 Å². The molecular formula is C15H13F3N2O3S. The molecule has 5 nitrogen and oxygen atoms in total. The largest absolute Gasteiger partial charge is 0.497 e. The van der Waals surface area contributed by atoms with Gasteiger partial charge in [-0.2, -0.15) is 13.2 Å². The Morgan fingerprint density at radius 3 is 2.46 bits per heavy atom. The number of carbonyl (C=O) groups excluding carboxylic acids is 1. The Hall–Kier alpha value is -2.29. The number of thioether (sulfide) groups is 1. The molecule has 0 aliphatic heterocycles. The molecule has 1 unspecified atom stereocenters. The number of rotatable bonds is 5. The summed E-state index contributed by atoms with van der Waals surface area (Å²) in [6, 6.07) is 6.70. The zero-order valence-electron chi connectivity index (χ0n) is 12.7. The van der Waals surface area contributed by atoms with Gasteiger partial charge in [-0.25, -0.2) is 4.98 Å². The maximum absolute atomic E-state index is 12.7. The van der Waals surface area contributed by atoms with Crippen molar-refractivity contribution in [3.63, 3.8) is 0 Å². The SMILES string of the molecule is COc1ccc(C(=O)C(C)Sc2nc(C(F)(F)F)cc(=O)[nH]2)cc1. The number of ketones is 1. The van der Waals surface area contributed by atoms with Gasteiger partial charge in [0.05, 0.1) is 12.4 Å². The fourth-order valence-electron chi connectivity index (χ4n) is 1.85. The molecule has 1 atom stereocenters. The van der Waals surface area contributed by atoms with Crippen molar-refractivity contribution in [3.8, 4) is 5.75 Å². The van der Waals surface area contributed by atoms with Gasteiger partial charge in [0.2, 0.25) is 0 Å². The molecule has 24 heavy (non-hydrogen) atoms. The van der Waals surface area contributed by atoms with Crippen LogP contribution in [0.2, 0.25) is 0 Å². The molecule has 0 aliphatic rings. The van der Waals surface area contributed by atoms with E-state index >= 15 is 0 Å². The molecule has 1 aromatic carbocycles. The van der Waals surface area contributed by atoms with Gasteiger partial charge in [-0.1, -0.05) is 11.8 Å². The van der Waals surface area contributed by atoms with Gasteiger partial charge in [-0.05, 0) is 31.2 Å². The highest BCUT2D eigenvalue weighted by atomic mass is 32.2. The van der Waals surface area contributed by atoms with Gasteiger partial charge in [0.25, 0.3) is 5.56 Å². The molecule has 9 heteroatoms. The highest BCUT2D eigenvalue weighted by molar-refractivity contribution is 8.00. The summed E-state index contributed by atoms with van der Waals surface area (Å²) in [7, 11) is 1.49. The van der Waals surface area contributed by atoms with E-state index in [2.05, 4.69) is 9.97 Å². The van der Waals surface area contributed by atoms with Crippen LogP contribution in [0, 0.1) is 0 Å². The molecule has 0 radical (unpaired) electrons. The number of halogens is 3. The molecule has 1 N–H and O–H groups in total. The second kappa shape index (κ2) is 7.08. The van der Waals surface area contributed by atoms with Crippen molar-refractivity contribution in [2.75, 3.05) is 7.11 Å². The molecule has 0 spiro atoms. The van der Waals surface area contributed by atoms with Crippen molar-refractivity contribution >= 4 is 17.5 Å². The zero-order chi connectivity index (χ0) is 17.9. The van der Waals surface area contributed by atoms with Gasteiger partial charge in [0, 0.05) is 11.6 Å². The summed E-state index contributed by atoms with van der Waals surface area (Å²) in [5.74, 6) is 0.276. The second-order valence-electron chi connectivity index (χ2n) is 4.79. The van der Waals surface area contributed by atoms with E-state index in [0.717, 1.165) is 11.8 Å². The summed E-state index contributed by atoms with van der Waals surface area (Å²) in [4.78, 5) is 29.2. The third-order valence-electron chi connectivity index (χ3n) is 3.04. The predicted octanol–water partition coefficient (Wildman–Crippen LogP) is 3.16. The number of aromatic amines is 1. The predicted molar refractivity (Wildman–Crippen MR) is 82.5 cm³/mol. The maximum Gasteiger partial charge on any atom is 0.433 e. The third-order valence-corrected chi connectivity index (χ3v) is 4.03. The number of ether oxygens (including phenoxy) is 1. The number of H-pyrrole nitrogens is 1. The van der Waals surface area contributed by atoms with Crippen LogP contribution in [0.25, 0.3) is 0 Å². The van der Waals surface area contributed by atoms with Crippen LogP contribution in [0.3, 0.4) is 0 Å². The molecule has 0 saturated heterocycles. The molecule has 0 aliphatic carbocycles. The first-order valence-corrected chi connectivity index (χ1v) is 7.62. The summed E-state index contributed by atoms with van der Waals surface area (Å²) in [6.07, 6.45) is -4.73. The van der Waals surface area contributed by atoms with E-state index < -0.39 is 22.7 Å². The lowest BCUT2D eigenvalue weighted by atomic mass is 10.1. The molecule has 128 valence electrons. The van der Waals surface area contributed by atoms with Gasteiger partial charge in [-0.3, -0.25) is 9.59 Å². The topological polar surface area (TPSA) is 72.0 Å². The summed E-state index contributed by atoms with van der Waals surface area (Å²) in [5.41, 5.74) is -1.84. The molecule has 0 saturated carbocycles. The summed E-state index contributed by atoms with van der Waals surface area (Å²) in [6.45, 7) is 1.53. The van der Waals surface area contributed by atoms with E-state index in [1.165, 1.54) is 14.0 Å². The standard InChI is InChI=1S/C15H13F3N2O3S/c1-8(13(22)9-3-5-10(23-2)6-4-9)24-14-19-11(15(16,17)18)7-12(21)20-14/h3-8H,1-2H3,(H,19,20,21). The first-order valence-electron chi connectivity index (χ1n) is 6.74. The Morgan fingerprint density at radius 1 is 1.29 bits per heavy atom. The van der Waals surface area contributed by atoms with E-state index in [0.29, 0.717) is 17.4 Å². The second-order valence-corrected chi connectivity index (χ2v) is 6.12. The minimum atomic E-state index is -4.73. The summed E-state index contributed by atoms with van der Waals surface area (Å²) in [5, 5.41) is -0.991. The summed E-state index contributed by atoms with van der Waals surface area (Å²) < 4.78 is 43.0. The molecule has 0 fully saturated rings. The maximum atomic E-state index is 12.7. The molecule has 0 amide bonds. The number of hydrogen-bond donors (Lipinski definition) is 1. The molecular weight excluding hydrogens is 345 g/mol. The molecule has 1 heterocycles. The minimum Gasteiger partial charge on any atom is -0.497 e. The van der Waals surface area contributed by atoms with Crippen LogP contribution in [0.5, 0.6) is 5.75 Å². The van der Waals surface area contributed by atoms with Gasteiger partial charge < -0.3 is 9.72 Å². The first-order chi connectivity index (χ1) is 11.2. The van der Waals surface area contributed by atoms with Crippen molar-refractivity contribution in [2.24, 2.45) is 0 Å². The van der Waals surface area contributed by atoms with Crippen molar-refractivity contribution in [3.05, 3.63) is 51.9 Å². The minimum absolute atomic E-state index is 0.260. The number of aromatic nitrogens is 2. The van der Waals surface area contributed by atoms with Gasteiger partial charge in [0.1, 0.15) is 5.75 Å². The van der Waals surface area contributed by atoms with E-state index in [-0.39, 0.29) is 10.9 Å².